The van der Waals surface area contributed by atoms with Gasteiger partial charge in [-0.15, -0.1) is 0 Å². The first-order valence-electron chi connectivity index (χ1n) is 6.44. The van der Waals surface area contributed by atoms with Crippen molar-refractivity contribution in [3.8, 4) is 11.6 Å². The molecule has 0 amide bonds. The zero-order chi connectivity index (χ0) is 15.4. The number of pyridine rings is 1. The average Bonchev–Trinajstić information content (AvgIpc) is 2.54. The van der Waals surface area contributed by atoms with E-state index >= 15 is 0 Å². The number of rotatable bonds is 4. The highest BCUT2D eigenvalue weighted by Gasteiger charge is 2.11. The van der Waals surface area contributed by atoms with Crippen LogP contribution in [0.5, 0.6) is 11.6 Å². The maximum Gasteiger partial charge on any atom is 0.248 e. The molecule has 0 atom stereocenters. The van der Waals surface area contributed by atoms with E-state index in [2.05, 4.69) is 36.2 Å². The number of anilines is 3. The van der Waals surface area contributed by atoms with E-state index < -0.39 is 0 Å². The molecule has 7 heteroatoms. The van der Waals surface area contributed by atoms with Gasteiger partial charge < -0.3 is 15.8 Å². The number of hydrogen-bond donors (Lipinski definition) is 2. The number of nitrogens with zero attached hydrogens (tertiary/aromatic N) is 3. The summed E-state index contributed by atoms with van der Waals surface area (Å²) in [5.74, 6) is 2.01. The number of nitrogens with two attached hydrogens (primary N) is 1. The highest BCUT2D eigenvalue weighted by atomic mass is 79.9. The van der Waals surface area contributed by atoms with Gasteiger partial charge in [0.05, 0.1) is 0 Å². The fourth-order valence-electron chi connectivity index (χ4n) is 1.73. The average molecular weight is 358 g/mol. The van der Waals surface area contributed by atoms with Gasteiger partial charge in [0.25, 0.3) is 0 Å². The van der Waals surface area contributed by atoms with Crippen LogP contribution in [0.25, 0.3) is 0 Å². The monoisotopic (exact) mass is 357 g/mol. The molecule has 0 radical (unpaired) electrons. The number of ether oxygens (including phenoxy) is 1. The van der Waals surface area contributed by atoms with E-state index in [9.17, 15) is 0 Å². The fourth-order valence-corrected chi connectivity index (χ4v) is 2.00. The molecule has 0 spiro atoms. The van der Waals surface area contributed by atoms with Gasteiger partial charge in [0.15, 0.2) is 5.82 Å². The summed E-state index contributed by atoms with van der Waals surface area (Å²) in [6.07, 6.45) is 3.06. The summed E-state index contributed by atoms with van der Waals surface area (Å²) in [5.41, 5.74) is 6.38. The molecule has 3 rings (SSSR count). The Hall–Kier alpha value is -2.67. The van der Waals surface area contributed by atoms with E-state index in [4.69, 9.17) is 10.5 Å². The standard InChI is InChI=1S/C15H12BrN5O/c16-10-4-6-11(7-5-10)22-15-13(17)14(19-9-20-15)21-12-3-1-2-8-18-12/h1-9H,17H2,(H,18,19,20,21). The first kappa shape index (κ1) is 14.3. The first-order chi connectivity index (χ1) is 10.7. The highest BCUT2D eigenvalue weighted by molar-refractivity contribution is 9.10. The molecule has 22 heavy (non-hydrogen) atoms. The molecule has 3 aromatic rings. The van der Waals surface area contributed by atoms with Crippen molar-refractivity contribution in [2.24, 2.45) is 0 Å². The van der Waals surface area contributed by atoms with Gasteiger partial charge in [0.1, 0.15) is 23.6 Å². The van der Waals surface area contributed by atoms with Crippen molar-refractivity contribution in [2.75, 3.05) is 11.1 Å². The maximum absolute atomic E-state index is 6.06. The lowest BCUT2D eigenvalue weighted by atomic mass is 10.3. The minimum Gasteiger partial charge on any atom is -0.437 e. The molecule has 0 aliphatic carbocycles. The van der Waals surface area contributed by atoms with Crippen molar-refractivity contribution in [1.29, 1.82) is 0 Å². The van der Waals surface area contributed by atoms with Crippen LogP contribution in [0.2, 0.25) is 0 Å². The molecule has 0 aliphatic rings. The minimum absolute atomic E-state index is 0.288. The summed E-state index contributed by atoms with van der Waals surface area (Å²) < 4.78 is 6.65. The van der Waals surface area contributed by atoms with Crippen LogP contribution in [0.15, 0.2) is 59.5 Å². The third-order valence-electron chi connectivity index (χ3n) is 2.79. The van der Waals surface area contributed by atoms with Crippen molar-refractivity contribution < 1.29 is 4.74 Å². The van der Waals surface area contributed by atoms with Crippen LogP contribution >= 0.6 is 15.9 Å². The predicted molar refractivity (Wildman–Crippen MR) is 88.2 cm³/mol. The van der Waals surface area contributed by atoms with Gasteiger partial charge in [0, 0.05) is 10.7 Å². The zero-order valence-electron chi connectivity index (χ0n) is 11.4. The predicted octanol–water partition coefficient (Wildman–Crippen LogP) is 3.75. The van der Waals surface area contributed by atoms with Crippen LogP contribution in [0, 0.1) is 0 Å². The van der Waals surface area contributed by atoms with Crippen LogP contribution in [0.1, 0.15) is 0 Å². The SMILES string of the molecule is Nc1c(Nc2ccccn2)ncnc1Oc1ccc(Br)cc1. The molecule has 0 fully saturated rings. The number of benzene rings is 1. The van der Waals surface area contributed by atoms with Crippen LogP contribution in [-0.4, -0.2) is 15.0 Å². The van der Waals surface area contributed by atoms with Crippen LogP contribution in [-0.2, 0) is 0 Å². The number of aromatic nitrogens is 3. The molecule has 0 saturated carbocycles. The second kappa shape index (κ2) is 6.40. The molecule has 2 aromatic heterocycles. The Balaban J connectivity index is 1.84. The lowest BCUT2D eigenvalue weighted by Gasteiger charge is -2.11. The Morgan fingerprint density at radius 1 is 1.00 bits per heavy atom. The Morgan fingerprint density at radius 3 is 2.55 bits per heavy atom. The summed E-state index contributed by atoms with van der Waals surface area (Å²) in [6.45, 7) is 0. The molecule has 0 saturated heterocycles. The minimum atomic E-state index is 0.288. The molecule has 3 N–H and O–H groups in total. The van der Waals surface area contributed by atoms with Gasteiger partial charge in [-0.25, -0.2) is 9.97 Å². The van der Waals surface area contributed by atoms with E-state index in [1.165, 1.54) is 6.33 Å². The number of halogens is 1. The summed E-state index contributed by atoms with van der Waals surface area (Å²) in [7, 11) is 0. The second-order valence-corrected chi connectivity index (χ2v) is 5.25. The van der Waals surface area contributed by atoms with Gasteiger partial charge in [-0.1, -0.05) is 22.0 Å². The van der Waals surface area contributed by atoms with Crippen LogP contribution in [0.4, 0.5) is 17.3 Å². The van der Waals surface area contributed by atoms with Crippen molar-refractivity contribution in [1.82, 2.24) is 15.0 Å². The Bertz CT molecular complexity index is 765. The van der Waals surface area contributed by atoms with Crippen molar-refractivity contribution >= 4 is 33.3 Å². The van der Waals surface area contributed by atoms with Crippen molar-refractivity contribution in [3.63, 3.8) is 0 Å². The van der Waals surface area contributed by atoms with Gasteiger partial charge in [-0.3, -0.25) is 0 Å². The van der Waals surface area contributed by atoms with Crippen molar-refractivity contribution in [2.45, 2.75) is 0 Å². The van der Waals surface area contributed by atoms with Crippen LogP contribution in [0.3, 0.4) is 0 Å². The van der Waals surface area contributed by atoms with Gasteiger partial charge in [0.2, 0.25) is 5.88 Å². The molecule has 0 aliphatic heterocycles. The highest BCUT2D eigenvalue weighted by Crippen LogP contribution is 2.30. The summed E-state index contributed by atoms with van der Waals surface area (Å²) in [4.78, 5) is 12.3. The second-order valence-electron chi connectivity index (χ2n) is 4.34. The molecule has 6 nitrogen and oxygen atoms in total. The van der Waals surface area contributed by atoms with E-state index in [1.54, 1.807) is 6.20 Å². The lowest BCUT2D eigenvalue weighted by Crippen LogP contribution is -2.03. The van der Waals surface area contributed by atoms with Crippen LogP contribution < -0.4 is 15.8 Å². The van der Waals surface area contributed by atoms with Gasteiger partial charge in [-0.05, 0) is 36.4 Å². The summed E-state index contributed by atoms with van der Waals surface area (Å²) in [6, 6.07) is 12.9. The number of hydrogen-bond acceptors (Lipinski definition) is 6. The van der Waals surface area contributed by atoms with Gasteiger partial charge in [-0.2, -0.15) is 4.98 Å². The Kier molecular flexibility index (Phi) is 4.15. The molecule has 2 heterocycles. The zero-order valence-corrected chi connectivity index (χ0v) is 13.0. The Labute approximate surface area is 135 Å². The number of nitrogens with one attached hydrogen (secondary N) is 1. The van der Waals surface area contributed by atoms with Crippen molar-refractivity contribution in [3.05, 3.63) is 59.5 Å². The largest absolute Gasteiger partial charge is 0.437 e. The third-order valence-corrected chi connectivity index (χ3v) is 3.32. The molecule has 1 aromatic carbocycles. The molecular weight excluding hydrogens is 346 g/mol. The summed E-state index contributed by atoms with van der Waals surface area (Å²) in [5, 5.41) is 3.03. The smallest absolute Gasteiger partial charge is 0.248 e. The topological polar surface area (TPSA) is 86.0 Å². The third kappa shape index (κ3) is 3.32. The Morgan fingerprint density at radius 2 is 1.82 bits per heavy atom. The van der Waals surface area contributed by atoms with E-state index in [0.29, 0.717) is 23.1 Å². The number of nitrogen functional groups attached to an aromatic ring is 1. The molecule has 110 valence electrons. The van der Waals surface area contributed by atoms with E-state index in [1.807, 2.05) is 42.5 Å². The van der Waals surface area contributed by atoms with Gasteiger partial charge >= 0.3 is 0 Å². The molecule has 0 unspecified atom stereocenters. The summed E-state index contributed by atoms with van der Waals surface area (Å²) >= 11 is 3.37. The normalized spacial score (nSPS) is 10.2. The maximum atomic E-state index is 6.06. The molecular formula is C15H12BrN5O. The lowest BCUT2D eigenvalue weighted by molar-refractivity contribution is 0.464. The molecule has 0 bridgehead atoms. The van der Waals surface area contributed by atoms with E-state index in [-0.39, 0.29) is 5.88 Å². The van der Waals surface area contributed by atoms with E-state index in [0.717, 1.165) is 4.47 Å². The quantitative estimate of drug-likeness (QED) is 0.739. The fraction of sp³-hybridized carbons (Fsp3) is 0. The first-order valence-corrected chi connectivity index (χ1v) is 7.23.